The fourth-order valence-electron chi connectivity index (χ4n) is 1.16. The van der Waals surface area contributed by atoms with Gasteiger partial charge in [-0.1, -0.05) is 37.3 Å². The Morgan fingerprint density at radius 3 is 2.25 bits per heavy atom. The van der Waals surface area contributed by atoms with Crippen molar-refractivity contribution in [1.29, 1.82) is 0 Å². The standard InChI is InChI=1S/C11H16O/c1-9(10(2)12)8-11-6-4-3-5-7-11/h3-7,9-10,12H,8H2,1-2H3/t9-,10-/m0/s1. The van der Waals surface area contributed by atoms with Gasteiger partial charge in [0, 0.05) is 0 Å². The quantitative estimate of drug-likeness (QED) is 0.726. The number of hydrogen-bond donors (Lipinski definition) is 1. The van der Waals surface area contributed by atoms with Crippen molar-refractivity contribution in [3.8, 4) is 0 Å². The van der Waals surface area contributed by atoms with E-state index in [1.165, 1.54) is 5.56 Å². The zero-order valence-electron chi connectivity index (χ0n) is 7.70. The first-order chi connectivity index (χ1) is 5.70. The maximum Gasteiger partial charge on any atom is 0.0540 e. The lowest BCUT2D eigenvalue weighted by atomic mass is 9.97. The summed E-state index contributed by atoms with van der Waals surface area (Å²) in [5.74, 6) is 0.340. The predicted octanol–water partition coefficient (Wildman–Crippen LogP) is 2.25. The molecule has 0 heterocycles. The van der Waals surface area contributed by atoms with Crippen LogP contribution in [0.1, 0.15) is 19.4 Å². The second-order valence-electron chi connectivity index (χ2n) is 3.41. The van der Waals surface area contributed by atoms with Crippen LogP contribution in [0.2, 0.25) is 0 Å². The molecule has 0 fully saturated rings. The van der Waals surface area contributed by atoms with Crippen molar-refractivity contribution in [2.45, 2.75) is 26.4 Å². The van der Waals surface area contributed by atoms with Gasteiger partial charge in [-0.2, -0.15) is 0 Å². The van der Waals surface area contributed by atoms with Crippen LogP contribution in [-0.4, -0.2) is 11.2 Å². The second-order valence-corrected chi connectivity index (χ2v) is 3.41. The Balaban J connectivity index is 2.53. The third-order valence-corrected chi connectivity index (χ3v) is 2.22. The van der Waals surface area contributed by atoms with Crippen LogP contribution in [0.3, 0.4) is 0 Å². The molecule has 0 unspecified atom stereocenters. The van der Waals surface area contributed by atoms with Crippen molar-refractivity contribution in [2.75, 3.05) is 0 Å². The molecular weight excluding hydrogens is 148 g/mol. The van der Waals surface area contributed by atoms with Gasteiger partial charge in [0.1, 0.15) is 0 Å². The molecule has 0 radical (unpaired) electrons. The third-order valence-electron chi connectivity index (χ3n) is 2.22. The first-order valence-electron chi connectivity index (χ1n) is 4.42. The van der Waals surface area contributed by atoms with Crippen LogP contribution in [0.4, 0.5) is 0 Å². The van der Waals surface area contributed by atoms with Gasteiger partial charge in [-0.25, -0.2) is 0 Å². The normalized spacial score (nSPS) is 15.6. The van der Waals surface area contributed by atoms with Gasteiger partial charge in [0.2, 0.25) is 0 Å². The predicted molar refractivity (Wildman–Crippen MR) is 51.0 cm³/mol. The molecule has 1 N–H and O–H groups in total. The zero-order chi connectivity index (χ0) is 8.97. The fourth-order valence-corrected chi connectivity index (χ4v) is 1.16. The van der Waals surface area contributed by atoms with Crippen molar-refractivity contribution in [2.24, 2.45) is 5.92 Å². The Kier molecular flexibility index (Phi) is 3.30. The monoisotopic (exact) mass is 164 g/mol. The highest BCUT2D eigenvalue weighted by atomic mass is 16.3. The summed E-state index contributed by atoms with van der Waals surface area (Å²) in [6.45, 7) is 3.91. The van der Waals surface area contributed by atoms with Crippen molar-refractivity contribution in [3.63, 3.8) is 0 Å². The average molecular weight is 164 g/mol. The molecule has 2 atom stereocenters. The average Bonchev–Trinajstić information content (AvgIpc) is 2.06. The molecule has 0 saturated carbocycles. The molecule has 0 aliphatic carbocycles. The lowest BCUT2D eigenvalue weighted by molar-refractivity contribution is 0.135. The molecule has 0 saturated heterocycles. The molecule has 1 heteroatoms. The third kappa shape index (κ3) is 2.67. The fraction of sp³-hybridized carbons (Fsp3) is 0.455. The van der Waals surface area contributed by atoms with Gasteiger partial charge in [0.15, 0.2) is 0 Å². The minimum absolute atomic E-state index is 0.217. The molecular formula is C11H16O. The highest BCUT2D eigenvalue weighted by molar-refractivity contribution is 5.15. The topological polar surface area (TPSA) is 20.2 Å². The van der Waals surface area contributed by atoms with Crippen LogP contribution in [0.5, 0.6) is 0 Å². The van der Waals surface area contributed by atoms with Crippen molar-refractivity contribution >= 4 is 0 Å². The summed E-state index contributed by atoms with van der Waals surface area (Å²) in [6, 6.07) is 10.3. The number of benzene rings is 1. The van der Waals surface area contributed by atoms with E-state index in [0.29, 0.717) is 5.92 Å². The van der Waals surface area contributed by atoms with E-state index in [1.54, 1.807) is 0 Å². The zero-order valence-corrected chi connectivity index (χ0v) is 7.70. The molecule has 66 valence electrons. The molecule has 0 aliphatic rings. The van der Waals surface area contributed by atoms with E-state index in [-0.39, 0.29) is 6.10 Å². The van der Waals surface area contributed by atoms with Crippen LogP contribution < -0.4 is 0 Å². The molecule has 0 spiro atoms. The Morgan fingerprint density at radius 1 is 1.17 bits per heavy atom. The molecule has 0 amide bonds. The Bertz CT molecular complexity index is 216. The molecule has 1 nitrogen and oxygen atoms in total. The summed E-state index contributed by atoms with van der Waals surface area (Å²) in [6.07, 6.45) is 0.739. The van der Waals surface area contributed by atoms with Crippen molar-refractivity contribution < 1.29 is 5.11 Å². The number of rotatable bonds is 3. The molecule has 12 heavy (non-hydrogen) atoms. The number of aliphatic hydroxyl groups excluding tert-OH is 1. The van der Waals surface area contributed by atoms with Crippen LogP contribution in [-0.2, 0) is 6.42 Å². The molecule has 1 rings (SSSR count). The smallest absolute Gasteiger partial charge is 0.0540 e. The molecule has 0 bridgehead atoms. The summed E-state index contributed by atoms with van der Waals surface area (Å²) in [5.41, 5.74) is 1.30. The van der Waals surface area contributed by atoms with Gasteiger partial charge in [-0.3, -0.25) is 0 Å². The van der Waals surface area contributed by atoms with Crippen molar-refractivity contribution in [3.05, 3.63) is 35.9 Å². The minimum atomic E-state index is -0.217. The van der Waals surface area contributed by atoms with E-state index in [9.17, 15) is 5.11 Å². The van der Waals surface area contributed by atoms with E-state index in [4.69, 9.17) is 0 Å². The summed E-state index contributed by atoms with van der Waals surface area (Å²) >= 11 is 0. The Labute approximate surface area is 74.1 Å². The van der Waals surface area contributed by atoms with Gasteiger partial charge in [0.05, 0.1) is 6.10 Å². The largest absolute Gasteiger partial charge is 0.393 e. The number of aliphatic hydroxyl groups is 1. The van der Waals surface area contributed by atoms with Crippen molar-refractivity contribution in [1.82, 2.24) is 0 Å². The second kappa shape index (κ2) is 4.27. The van der Waals surface area contributed by atoms with Gasteiger partial charge < -0.3 is 5.11 Å². The van der Waals surface area contributed by atoms with Gasteiger partial charge in [0.25, 0.3) is 0 Å². The molecule has 1 aromatic rings. The van der Waals surface area contributed by atoms with E-state index < -0.39 is 0 Å². The lowest BCUT2D eigenvalue weighted by Gasteiger charge is -2.13. The van der Waals surface area contributed by atoms with Crippen LogP contribution in [0, 0.1) is 5.92 Å². The van der Waals surface area contributed by atoms with Gasteiger partial charge in [-0.05, 0) is 24.8 Å². The van der Waals surface area contributed by atoms with E-state index in [1.807, 2.05) is 25.1 Å². The van der Waals surface area contributed by atoms with E-state index in [0.717, 1.165) is 6.42 Å². The van der Waals surface area contributed by atoms with E-state index >= 15 is 0 Å². The summed E-state index contributed by atoms with van der Waals surface area (Å²) in [4.78, 5) is 0. The maximum atomic E-state index is 9.28. The van der Waals surface area contributed by atoms with E-state index in [2.05, 4.69) is 19.1 Å². The number of hydrogen-bond acceptors (Lipinski definition) is 1. The van der Waals surface area contributed by atoms with Crippen LogP contribution in [0.25, 0.3) is 0 Å². The first kappa shape index (κ1) is 9.27. The minimum Gasteiger partial charge on any atom is -0.393 e. The van der Waals surface area contributed by atoms with Gasteiger partial charge in [-0.15, -0.1) is 0 Å². The highest BCUT2D eigenvalue weighted by Gasteiger charge is 2.08. The molecule has 0 aliphatic heterocycles. The molecule has 0 aromatic heterocycles. The first-order valence-corrected chi connectivity index (χ1v) is 4.42. The highest BCUT2D eigenvalue weighted by Crippen LogP contribution is 2.11. The lowest BCUT2D eigenvalue weighted by Crippen LogP contribution is -2.15. The van der Waals surface area contributed by atoms with Crippen LogP contribution in [0.15, 0.2) is 30.3 Å². The van der Waals surface area contributed by atoms with Gasteiger partial charge >= 0.3 is 0 Å². The molecule has 1 aromatic carbocycles. The Morgan fingerprint density at radius 2 is 1.75 bits per heavy atom. The summed E-state index contributed by atoms with van der Waals surface area (Å²) < 4.78 is 0. The summed E-state index contributed by atoms with van der Waals surface area (Å²) in [7, 11) is 0. The Hall–Kier alpha value is -0.820. The SMILES string of the molecule is C[C@H](O)[C@@H](C)Cc1ccccc1. The van der Waals surface area contributed by atoms with Crippen LogP contribution >= 0.6 is 0 Å². The maximum absolute atomic E-state index is 9.28. The summed E-state index contributed by atoms with van der Waals surface area (Å²) in [5, 5.41) is 9.28.